The summed E-state index contributed by atoms with van der Waals surface area (Å²) in [6.07, 6.45) is -4.39. The van der Waals surface area contributed by atoms with E-state index in [4.69, 9.17) is 0 Å². The zero-order valence-corrected chi connectivity index (χ0v) is 8.34. The summed E-state index contributed by atoms with van der Waals surface area (Å²) in [5, 5.41) is 2.57. The Morgan fingerprint density at radius 3 is 2.31 bits per heavy atom. The second kappa shape index (κ2) is 5.26. The standard InChI is InChI=1S/C8H11F3N2O3/c9-8(10,11)5-16-2-1-13-6(14)3-12-4-7(13)15/h12H,1-5H2. The maximum Gasteiger partial charge on any atom is 0.411 e. The fraction of sp³-hybridized carbons (Fsp3) is 0.750. The fourth-order valence-electron chi connectivity index (χ4n) is 1.20. The predicted octanol–water partition coefficient (Wildman–Crippen LogP) is -0.476. The van der Waals surface area contributed by atoms with Crippen molar-refractivity contribution in [1.29, 1.82) is 0 Å². The van der Waals surface area contributed by atoms with E-state index in [1.54, 1.807) is 0 Å². The molecule has 0 aromatic heterocycles. The van der Waals surface area contributed by atoms with Crippen LogP contribution in [0.15, 0.2) is 0 Å². The van der Waals surface area contributed by atoms with Crippen LogP contribution in [0.25, 0.3) is 0 Å². The number of halogens is 3. The predicted molar refractivity (Wildman–Crippen MR) is 46.5 cm³/mol. The Balaban J connectivity index is 2.26. The summed E-state index contributed by atoms with van der Waals surface area (Å²) in [4.78, 5) is 23.2. The molecular formula is C8H11F3N2O3. The van der Waals surface area contributed by atoms with Crippen molar-refractivity contribution in [3.63, 3.8) is 0 Å². The average molecular weight is 240 g/mol. The lowest BCUT2D eigenvalue weighted by atomic mass is 10.3. The Bertz CT molecular complexity index is 264. The number of imide groups is 1. The SMILES string of the molecule is O=C1CNCC(=O)N1CCOCC(F)(F)F. The number of hydrogen-bond acceptors (Lipinski definition) is 4. The molecule has 0 radical (unpaired) electrons. The summed E-state index contributed by atoms with van der Waals surface area (Å²) in [5.74, 6) is -0.904. The van der Waals surface area contributed by atoms with Gasteiger partial charge in [-0.05, 0) is 0 Å². The van der Waals surface area contributed by atoms with E-state index in [2.05, 4.69) is 10.1 Å². The molecule has 1 aliphatic heterocycles. The van der Waals surface area contributed by atoms with E-state index in [9.17, 15) is 22.8 Å². The molecule has 0 saturated carbocycles. The highest BCUT2D eigenvalue weighted by Gasteiger charge is 2.28. The quantitative estimate of drug-likeness (QED) is 0.533. The van der Waals surface area contributed by atoms with Crippen molar-refractivity contribution in [2.24, 2.45) is 0 Å². The van der Waals surface area contributed by atoms with Gasteiger partial charge in [0.15, 0.2) is 0 Å². The van der Waals surface area contributed by atoms with Gasteiger partial charge in [-0.1, -0.05) is 0 Å². The van der Waals surface area contributed by atoms with Crippen molar-refractivity contribution in [2.45, 2.75) is 6.18 Å². The molecule has 16 heavy (non-hydrogen) atoms. The number of amides is 2. The Labute approximate surface area is 89.5 Å². The van der Waals surface area contributed by atoms with Crippen molar-refractivity contribution in [1.82, 2.24) is 10.2 Å². The van der Waals surface area contributed by atoms with Crippen LogP contribution in [-0.4, -0.2) is 55.7 Å². The van der Waals surface area contributed by atoms with Gasteiger partial charge in [-0.25, -0.2) is 0 Å². The van der Waals surface area contributed by atoms with Gasteiger partial charge < -0.3 is 4.74 Å². The number of carbonyl (C=O) groups excluding carboxylic acids is 2. The summed E-state index contributed by atoms with van der Waals surface area (Å²) in [5.41, 5.74) is 0. The molecule has 8 heteroatoms. The van der Waals surface area contributed by atoms with Crippen LogP contribution in [0.4, 0.5) is 13.2 Å². The van der Waals surface area contributed by atoms with E-state index in [0.29, 0.717) is 0 Å². The van der Waals surface area contributed by atoms with E-state index in [-0.39, 0.29) is 26.2 Å². The maximum absolute atomic E-state index is 11.7. The second-order valence-corrected chi connectivity index (χ2v) is 3.21. The van der Waals surface area contributed by atoms with Crippen molar-refractivity contribution < 1.29 is 27.5 Å². The summed E-state index contributed by atoms with van der Waals surface area (Å²) < 4.78 is 39.4. The normalized spacial score (nSPS) is 18.1. The average Bonchev–Trinajstić information content (AvgIpc) is 2.14. The van der Waals surface area contributed by atoms with E-state index in [0.717, 1.165) is 4.90 Å². The van der Waals surface area contributed by atoms with Crippen LogP contribution in [0.2, 0.25) is 0 Å². The maximum atomic E-state index is 11.7. The fourth-order valence-corrected chi connectivity index (χ4v) is 1.20. The lowest BCUT2D eigenvalue weighted by molar-refractivity contribution is -0.175. The van der Waals surface area contributed by atoms with Gasteiger partial charge in [-0.2, -0.15) is 13.2 Å². The van der Waals surface area contributed by atoms with Gasteiger partial charge in [-0.3, -0.25) is 19.8 Å². The molecular weight excluding hydrogens is 229 g/mol. The molecule has 1 aliphatic rings. The number of hydrogen-bond donors (Lipinski definition) is 1. The van der Waals surface area contributed by atoms with E-state index < -0.39 is 24.6 Å². The highest BCUT2D eigenvalue weighted by atomic mass is 19.4. The van der Waals surface area contributed by atoms with Gasteiger partial charge >= 0.3 is 6.18 Å². The summed E-state index contributed by atoms with van der Waals surface area (Å²) >= 11 is 0. The van der Waals surface area contributed by atoms with Crippen molar-refractivity contribution in [2.75, 3.05) is 32.8 Å². The number of rotatable bonds is 4. The van der Waals surface area contributed by atoms with Crippen LogP contribution in [0.3, 0.4) is 0 Å². The van der Waals surface area contributed by atoms with Gasteiger partial charge in [0.05, 0.1) is 26.2 Å². The van der Waals surface area contributed by atoms with Gasteiger partial charge in [0.2, 0.25) is 11.8 Å². The van der Waals surface area contributed by atoms with Crippen LogP contribution in [-0.2, 0) is 14.3 Å². The number of nitrogens with zero attached hydrogens (tertiary/aromatic N) is 1. The molecule has 1 N–H and O–H groups in total. The third-order valence-corrected chi connectivity index (χ3v) is 1.88. The number of carbonyl (C=O) groups is 2. The van der Waals surface area contributed by atoms with E-state index >= 15 is 0 Å². The van der Waals surface area contributed by atoms with Crippen molar-refractivity contribution in [3.05, 3.63) is 0 Å². The van der Waals surface area contributed by atoms with Crippen LogP contribution in [0.5, 0.6) is 0 Å². The summed E-state index contributed by atoms with van der Waals surface area (Å²) in [6, 6.07) is 0. The number of nitrogens with one attached hydrogen (secondary N) is 1. The zero-order valence-electron chi connectivity index (χ0n) is 8.34. The first kappa shape index (κ1) is 12.9. The first-order chi connectivity index (χ1) is 7.40. The smallest absolute Gasteiger partial charge is 0.370 e. The molecule has 1 heterocycles. The van der Waals surface area contributed by atoms with Crippen LogP contribution >= 0.6 is 0 Å². The first-order valence-corrected chi connectivity index (χ1v) is 4.58. The highest BCUT2D eigenvalue weighted by Crippen LogP contribution is 2.14. The molecule has 0 aliphatic carbocycles. The van der Waals surface area contributed by atoms with Crippen molar-refractivity contribution in [3.8, 4) is 0 Å². The lowest BCUT2D eigenvalue weighted by Gasteiger charge is -2.25. The number of ether oxygens (including phenoxy) is 1. The van der Waals surface area contributed by atoms with Gasteiger partial charge in [0.1, 0.15) is 6.61 Å². The van der Waals surface area contributed by atoms with Crippen LogP contribution < -0.4 is 5.32 Å². The van der Waals surface area contributed by atoms with E-state index in [1.165, 1.54) is 0 Å². The second-order valence-electron chi connectivity index (χ2n) is 3.21. The van der Waals surface area contributed by atoms with Crippen LogP contribution in [0, 0.1) is 0 Å². The molecule has 0 spiro atoms. The molecule has 0 bridgehead atoms. The largest absolute Gasteiger partial charge is 0.411 e. The summed E-state index contributed by atoms with van der Waals surface area (Å²) in [6.45, 7) is -1.79. The molecule has 0 aromatic rings. The topological polar surface area (TPSA) is 58.6 Å². The monoisotopic (exact) mass is 240 g/mol. The molecule has 0 atom stereocenters. The molecule has 1 fully saturated rings. The Morgan fingerprint density at radius 1 is 1.25 bits per heavy atom. The molecule has 0 aromatic carbocycles. The number of piperazine rings is 1. The molecule has 92 valence electrons. The molecule has 2 amide bonds. The minimum absolute atomic E-state index is 0.0189. The summed E-state index contributed by atoms with van der Waals surface area (Å²) in [7, 11) is 0. The first-order valence-electron chi connectivity index (χ1n) is 4.58. The van der Waals surface area contributed by atoms with Crippen molar-refractivity contribution >= 4 is 11.8 Å². The lowest BCUT2D eigenvalue weighted by Crippen LogP contribution is -2.53. The van der Waals surface area contributed by atoms with Gasteiger partial charge in [-0.15, -0.1) is 0 Å². The minimum Gasteiger partial charge on any atom is -0.370 e. The highest BCUT2D eigenvalue weighted by molar-refractivity contribution is 5.99. The molecule has 1 rings (SSSR count). The minimum atomic E-state index is -4.39. The molecule has 1 saturated heterocycles. The third kappa shape index (κ3) is 4.15. The zero-order chi connectivity index (χ0) is 12.2. The van der Waals surface area contributed by atoms with E-state index in [1.807, 2.05) is 0 Å². The molecule has 0 unspecified atom stereocenters. The van der Waals surface area contributed by atoms with Crippen LogP contribution in [0.1, 0.15) is 0 Å². The Morgan fingerprint density at radius 2 is 1.81 bits per heavy atom. The van der Waals surface area contributed by atoms with Gasteiger partial charge in [0.25, 0.3) is 0 Å². The Kier molecular flexibility index (Phi) is 4.25. The Hall–Kier alpha value is -1.15. The number of alkyl halides is 3. The third-order valence-electron chi connectivity index (χ3n) is 1.88. The molecule has 5 nitrogen and oxygen atoms in total. The van der Waals surface area contributed by atoms with Gasteiger partial charge in [0, 0.05) is 0 Å².